The van der Waals surface area contributed by atoms with Gasteiger partial charge in [-0.25, -0.2) is 26.3 Å². The highest BCUT2D eigenvalue weighted by molar-refractivity contribution is 6.31. The van der Waals surface area contributed by atoms with Crippen LogP contribution in [0.15, 0.2) is 71.7 Å². The maximum Gasteiger partial charge on any atom is 0.522 e. The Balaban J connectivity index is 0.000000129. The summed E-state index contributed by atoms with van der Waals surface area (Å²) in [6.07, 6.45) is -2.63. The molecule has 34 nitrogen and oxygen atoms in total. The molecule has 7 aromatic rings. The Kier molecular flexibility index (Phi) is 35.5. The molecular weight excluding hydrogens is 1910 g/mol. The second kappa shape index (κ2) is 46.0. The number of alkyl halides is 13. The Bertz CT molecular complexity index is 4890. The van der Waals surface area contributed by atoms with Crippen molar-refractivity contribution in [3.63, 3.8) is 0 Å². The highest BCUT2D eigenvalue weighted by Crippen LogP contribution is 2.50. The van der Waals surface area contributed by atoms with Gasteiger partial charge in [0.25, 0.3) is 11.8 Å². The van der Waals surface area contributed by atoms with E-state index in [4.69, 9.17) is 124 Å². The second-order valence-electron chi connectivity index (χ2n) is 37.4. The Morgan fingerprint density at radius 1 is 0.529 bits per heavy atom. The van der Waals surface area contributed by atoms with Crippen molar-refractivity contribution >= 4 is 28.9 Å². The van der Waals surface area contributed by atoms with E-state index in [0.29, 0.717) is 116 Å². The van der Waals surface area contributed by atoms with Crippen molar-refractivity contribution in [1.29, 1.82) is 0 Å². The van der Waals surface area contributed by atoms with E-state index in [0.717, 1.165) is 95.6 Å². The first-order valence-electron chi connectivity index (χ1n) is 46.1. The molecule has 1 unspecified atom stereocenters. The van der Waals surface area contributed by atoms with Gasteiger partial charge in [0.15, 0.2) is 11.9 Å². The molecular formula is C87H115Cl2F15N18O16. The smallest absolute Gasteiger partial charge is 0.422 e. The molecule has 5 aliphatic carbocycles. The van der Waals surface area contributed by atoms with Crippen LogP contribution in [0.5, 0.6) is 0 Å². The molecule has 51 heteroatoms. The molecule has 5 saturated carbocycles. The number of rotatable bonds is 19. The molecule has 0 radical (unpaired) electrons. The van der Waals surface area contributed by atoms with Crippen LogP contribution in [0.1, 0.15) is 269 Å². The largest absolute Gasteiger partial charge is 0.522 e. The summed E-state index contributed by atoms with van der Waals surface area (Å²) < 4.78 is 267. The zero-order chi connectivity index (χ0) is 98.8. The van der Waals surface area contributed by atoms with E-state index in [1.165, 1.54) is 23.0 Å². The number of nitrogens with two attached hydrogens (primary N) is 7. The molecule has 2 bridgehead atoms. The molecule has 13 atom stereocenters. The van der Waals surface area contributed by atoms with Crippen LogP contribution in [0.3, 0.4) is 0 Å². The molecule has 14 heterocycles. The number of ether oxygens (including phenoxy) is 11. The fraction of sp³-hybridized carbons (Fsp3) is 0.724. The van der Waals surface area contributed by atoms with Crippen molar-refractivity contribution in [2.75, 3.05) is 52.9 Å². The highest BCUT2D eigenvalue weighted by Gasteiger charge is 2.56. The number of hydrogen-bond donors (Lipinski definition) is 7. The molecule has 21 rings (SSSR count). The first-order valence-corrected chi connectivity index (χ1v) is 46.9. The van der Waals surface area contributed by atoms with Crippen LogP contribution in [-0.4, -0.2) is 224 Å². The minimum absolute atomic E-state index is 0.0155. The van der Waals surface area contributed by atoms with Gasteiger partial charge in [0.2, 0.25) is 35.3 Å². The summed E-state index contributed by atoms with van der Waals surface area (Å²) in [5.41, 5.74) is 43.0. The van der Waals surface area contributed by atoms with Crippen LogP contribution < -0.4 is 40.1 Å². The molecule has 14 N–H and O–H groups in total. The average Bonchev–Trinajstić information content (AvgIpc) is 1.39. The van der Waals surface area contributed by atoms with Crippen LogP contribution in [0.4, 0.5) is 65.9 Å². The van der Waals surface area contributed by atoms with Gasteiger partial charge in [-0.15, -0.1) is 59.9 Å². The van der Waals surface area contributed by atoms with Crippen LogP contribution >= 0.6 is 23.2 Å². The van der Waals surface area contributed by atoms with E-state index in [1.54, 1.807) is 30.5 Å². The lowest BCUT2D eigenvalue weighted by Gasteiger charge is -2.52. The number of nitrogens with zero attached hydrogens (tertiary/aromatic N) is 11. The maximum absolute atomic E-state index is 13.8. The molecule has 9 aliphatic heterocycles. The number of aromatic nitrogens is 10. The second-order valence-corrected chi connectivity index (χ2v) is 38.2. The lowest BCUT2D eigenvalue weighted by atomic mass is 9.69. The van der Waals surface area contributed by atoms with Crippen molar-refractivity contribution in [3.8, 4) is 11.3 Å². The predicted molar refractivity (Wildman–Crippen MR) is 456 cm³/mol. The van der Waals surface area contributed by atoms with E-state index in [1.807, 2.05) is 6.92 Å². The van der Waals surface area contributed by atoms with Gasteiger partial charge in [-0.1, -0.05) is 64.7 Å². The predicted octanol–water partition coefficient (Wildman–Crippen LogP) is 15.1. The molecule has 8 saturated heterocycles. The quantitative estimate of drug-likeness (QED) is 0.0370. The highest BCUT2D eigenvalue weighted by atomic mass is 35.5. The standard InChI is InChI=1S/C16H18ClFN2O2.C14H14ClFN2O2.C12H14F5N3O3.C12H17F3N4O2.C12H16F3N3O3.C12H21F2NO2.C9H15N3O2/c17-11-2-1-10(7-12(11)18)13-8-14(22-20-13)16-5-3-15(19,4-6-16)9-21-16;15-10-3-1-8(5-11(10)16)12-6-14(20-18-12)13-4-2-9(17)7-19-13;13-11(14)3-7(21-4-8(11)18)10-20-19-9(22-10)5-1-6(2-5)23-12(15,16)17;13-12(14,15)21-9-3-8(4-9)19-17-5-10(18-19)11-2-1-7(16)6-20-11;13-12(14,15)20-8-3-6(4-8)11-17-10(18-21-11)9-2-1-7(16)5-19-9;1-8-4-10(5-8)17-7-12(13,14)11-3-2-9(15)6-16-11;1-2-8-11-12-9(14-8)7-4-3-6(10)5-13-7/h1-2,7,14H,3-6,8-9,19H2;1,3,5-6,9,13H,2,4,7,17H2;5-8H,1-4,18H2;5,7-9,11H,1-4,6,16H2;6-9H,1-5,16H2;8-11H,2-7,15H2,1H3;6-7H,2-5,10H2,1H3/t;9-,13+;5?,6?,7-,8-;7-,8?,9?,11+;6?,7-,8?,9+;8?,9-,10?,11+;6-,7+/m.101111/s1. The summed E-state index contributed by atoms with van der Waals surface area (Å²) in [6.45, 7) is 6.04. The van der Waals surface area contributed by atoms with Crippen LogP contribution in [0.2, 0.25) is 10.0 Å². The topological polar surface area (TPSA) is 479 Å². The molecule has 2 aromatic carbocycles. The number of halogens is 17. The summed E-state index contributed by atoms with van der Waals surface area (Å²) in [7, 11) is 0. The minimum Gasteiger partial charge on any atom is -0.422 e. The van der Waals surface area contributed by atoms with Crippen molar-refractivity contribution < 1.29 is 141 Å². The molecule has 14 aliphatic rings. The molecule has 138 heavy (non-hydrogen) atoms. The van der Waals surface area contributed by atoms with Crippen LogP contribution in [0.25, 0.3) is 11.3 Å². The number of aryl methyl sites for hydroxylation is 1. The molecule has 13 fully saturated rings. The lowest BCUT2D eigenvalue weighted by molar-refractivity contribution is -0.354. The van der Waals surface area contributed by atoms with E-state index < -0.39 is 92.2 Å². The third-order valence-electron chi connectivity index (χ3n) is 26.2. The molecule has 0 spiro atoms. The molecule has 5 aromatic heterocycles. The molecule has 0 amide bonds. The number of fused-ring (bicyclic) bond motifs is 3. The fourth-order valence-electron chi connectivity index (χ4n) is 17.5. The third-order valence-corrected chi connectivity index (χ3v) is 26.8. The van der Waals surface area contributed by atoms with Crippen LogP contribution in [0, 0.1) is 17.6 Å². The van der Waals surface area contributed by atoms with E-state index >= 15 is 0 Å². The zero-order valence-electron chi connectivity index (χ0n) is 75.5. The van der Waals surface area contributed by atoms with Crippen molar-refractivity contribution in [2.45, 2.75) is 338 Å². The normalized spacial score (nSPS) is 32.8. The third kappa shape index (κ3) is 29.4. The Morgan fingerprint density at radius 2 is 1.04 bits per heavy atom. The van der Waals surface area contributed by atoms with Gasteiger partial charge in [0.05, 0.1) is 105 Å². The number of hydrogen-bond acceptors (Lipinski definition) is 33. The minimum atomic E-state index is -4.68. The van der Waals surface area contributed by atoms with Crippen LogP contribution in [-0.2, 0) is 63.4 Å². The van der Waals surface area contributed by atoms with Gasteiger partial charge < -0.3 is 101 Å². The van der Waals surface area contributed by atoms with Gasteiger partial charge >= 0.3 is 19.1 Å². The summed E-state index contributed by atoms with van der Waals surface area (Å²) in [4.78, 5) is 11.3. The summed E-state index contributed by atoms with van der Waals surface area (Å²) in [5.74, 6) is -4.19. The van der Waals surface area contributed by atoms with Crippen molar-refractivity contribution in [1.82, 2.24) is 50.7 Å². The first kappa shape index (κ1) is 106. The Hall–Kier alpha value is -7.51. The van der Waals surface area contributed by atoms with E-state index in [9.17, 15) is 65.9 Å². The first-order chi connectivity index (χ1) is 65.3. The molecule has 768 valence electrons. The Morgan fingerprint density at radius 3 is 1.57 bits per heavy atom. The SMILES string of the molecule is CC1CC(OCC(F)(F)[C@@H]2CC[C@@H](N)CO2)C1.CCc1nnc([C@@H]2CC[C@@H](N)CO2)o1.NC12CCC(C3CC(c4ccc(Cl)c(F)c4)=NO3)(CC1)OC2.N[C@@H]1CC[C@@H](c2cc(-c3ccc(Cl)c(F)c3)no2)OC1.N[C@@H]1CC[C@@H](c2cnn(C3CC(OC(F)(F)F)C3)n2)OC1.N[C@@H]1CC[C@@H](c2noc(C3CC(OC(F)(F)F)C3)n2)OC1.N[C@H]1CO[C@H](c2nnc(C3CC(OC(F)(F)F)C3)o2)CC1(F)F. The fourth-order valence-corrected chi connectivity index (χ4v) is 17.8. The van der Waals surface area contributed by atoms with Gasteiger partial charge in [0.1, 0.15) is 71.9 Å². The summed E-state index contributed by atoms with van der Waals surface area (Å²) in [5, 5.41) is 35.8. The van der Waals surface area contributed by atoms with Gasteiger partial charge in [-0.3, -0.25) is 14.2 Å². The van der Waals surface area contributed by atoms with Gasteiger partial charge in [0, 0.05) is 84.0 Å². The summed E-state index contributed by atoms with van der Waals surface area (Å²) in [6, 6.07) is 9.69. The van der Waals surface area contributed by atoms with Gasteiger partial charge in [-0.05, 0) is 171 Å². The average molecular weight is 2020 g/mol. The summed E-state index contributed by atoms with van der Waals surface area (Å²) >= 11 is 11.4. The number of benzene rings is 2. The Labute approximate surface area is 792 Å². The number of oxime groups is 1. The zero-order valence-corrected chi connectivity index (χ0v) is 77.0. The van der Waals surface area contributed by atoms with Crippen molar-refractivity contribution in [2.24, 2.45) is 51.2 Å². The van der Waals surface area contributed by atoms with Crippen molar-refractivity contribution in [3.05, 3.63) is 123 Å². The van der Waals surface area contributed by atoms with E-state index in [2.05, 4.69) is 72.2 Å². The maximum atomic E-state index is 13.8. The van der Waals surface area contributed by atoms with Gasteiger partial charge in [-0.2, -0.15) is 20.0 Å². The monoisotopic (exact) mass is 2020 g/mol. The lowest BCUT2D eigenvalue weighted by Crippen LogP contribution is -2.63. The van der Waals surface area contributed by atoms with E-state index in [-0.39, 0.29) is 169 Å².